The highest BCUT2D eigenvalue weighted by atomic mass is 16.1. The van der Waals surface area contributed by atoms with Crippen LogP contribution in [-0.2, 0) is 9.59 Å². The Morgan fingerprint density at radius 2 is 1.64 bits per heavy atom. The van der Waals surface area contributed by atoms with E-state index in [1.807, 2.05) is 27.7 Å². The SMILES string of the molecule is CC.CC.CC(=O)C1CCCCC1=O. The largest absolute Gasteiger partial charge is 0.299 e. The summed E-state index contributed by atoms with van der Waals surface area (Å²) in [6, 6.07) is 0. The van der Waals surface area contributed by atoms with Gasteiger partial charge in [-0.25, -0.2) is 0 Å². The smallest absolute Gasteiger partial charge is 0.143 e. The quantitative estimate of drug-likeness (QED) is 0.608. The van der Waals surface area contributed by atoms with Crippen molar-refractivity contribution in [3.63, 3.8) is 0 Å². The Labute approximate surface area is 88.1 Å². The first-order valence-corrected chi connectivity index (χ1v) is 5.75. The molecule has 1 aliphatic carbocycles. The number of carbonyl (C=O) groups excluding carboxylic acids is 2. The molecule has 0 aromatic carbocycles. The number of carbonyl (C=O) groups is 2. The van der Waals surface area contributed by atoms with Gasteiger partial charge in [-0.2, -0.15) is 0 Å². The summed E-state index contributed by atoms with van der Waals surface area (Å²) in [5.41, 5.74) is 0. The van der Waals surface area contributed by atoms with E-state index in [2.05, 4.69) is 0 Å². The van der Waals surface area contributed by atoms with E-state index in [0.717, 1.165) is 19.3 Å². The van der Waals surface area contributed by atoms with Crippen molar-refractivity contribution in [2.75, 3.05) is 0 Å². The molecule has 2 nitrogen and oxygen atoms in total. The molecule has 1 aliphatic rings. The molecule has 1 unspecified atom stereocenters. The van der Waals surface area contributed by atoms with Gasteiger partial charge in [0, 0.05) is 6.42 Å². The molecule has 84 valence electrons. The normalized spacial score (nSPS) is 19.8. The van der Waals surface area contributed by atoms with Crippen LogP contribution in [0.1, 0.15) is 60.3 Å². The van der Waals surface area contributed by atoms with Crippen molar-refractivity contribution in [3.05, 3.63) is 0 Å². The molecule has 14 heavy (non-hydrogen) atoms. The van der Waals surface area contributed by atoms with Crippen LogP contribution in [0.25, 0.3) is 0 Å². The third-order valence-corrected chi connectivity index (χ3v) is 2.05. The Hall–Kier alpha value is -0.660. The average molecular weight is 200 g/mol. The summed E-state index contributed by atoms with van der Waals surface area (Å²) in [5.74, 6) is -0.0581. The van der Waals surface area contributed by atoms with Crippen molar-refractivity contribution in [2.45, 2.75) is 60.3 Å². The molecule has 0 amide bonds. The number of rotatable bonds is 1. The topological polar surface area (TPSA) is 34.1 Å². The zero-order chi connectivity index (χ0) is 11.6. The third kappa shape index (κ3) is 5.90. The van der Waals surface area contributed by atoms with E-state index in [1.165, 1.54) is 6.92 Å². The lowest BCUT2D eigenvalue weighted by Crippen LogP contribution is -2.24. The van der Waals surface area contributed by atoms with Crippen LogP contribution in [-0.4, -0.2) is 11.6 Å². The van der Waals surface area contributed by atoms with Gasteiger partial charge in [0.15, 0.2) is 0 Å². The predicted molar refractivity (Wildman–Crippen MR) is 60.3 cm³/mol. The Kier molecular flexibility index (Phi) is 11.8. The van der Waals surface area contributed by atoms with Crippen molar-refractivity contribution in [3.8, 4) is 0 Å². The van der Waals surface area contributed by atoms with Crippen molar-refractivity contribution < 1.29 is 9.59 Å². The summed E-state index contributed by atoms with van der Waals surface area (Å²) in [6.45, 7) is 9.51. The zero-order valence-electron chi connectivity index (χ0n) is 10.2. The molecule has 0 aromatic heterocycles. The molecule has 1 saturated carbocycles. The Bertz CT molecular complexity index is 162. The first-order valence-electron chi connectivity index (χ1n) is 5.75. The highest BCUT2D eigenvalue weighted by Gasteiger charge is 2.25. The van der Waals surface area contributed by atoms with Crippen LogP contribution in [0.15, 0.2) is 0 Å². The Balaban J connectivity index is 0. The maximum Gasteiger partial charge on any atom is 0.143 e. The second-order valence-corrected chi connectivity index (χ2v) is 2.88. The molecule has 0 N–H and O–H groups in total. The summed E-state index contributed by atoms with van der Waals surface area (Å²) in [4.78, 5) is 21.8. The fourth-order valence-corrected chi connectivity index (χ4v) is 1.41. The molecule has 2 heteroatoms. The summed E-state index contributed by atoms with van der Waals surface area (Å²) < 4.78 is 0. The highest BCUT2D eigenvalue weighted by molar-refractivity contribution is 6.01. The van der Waals surface area contributed by atoms with Gasteiger partial charge in [0.2, 0.25) is 0 Å². The summed E-state index contributed by atoms with van der Waals surface area (Å²) in [7, 11) is 0. The van der Waals surface area contributed by atoms with Gasteiger partial charge in [-0.05, 0) is 19.8 Å². The molecule has 1 fully saturated rings. The monoisotopic (exact) mass is 200 g/mol. The van der Waals surface area contributed by atoms with E-state index < -0.39 is 0 Å². The zero-order valence-corrected chi connectivity index (χ0v) is 10.2. The molecule has 0 bridgehead atoms. The Morgan fingerprint density at radius 3 is 1.93 bits per heavy atom. The Morgan fingerprint density at radius 1 is 1.14 bits per heavy atom. The van der Waals surface area contributed by atoms with Crippen molar-refractivity contribution in [2.24, 2.45) is 5.92 Å². The minimum absolute atomic E-state index is 0.0460. The summed E-state index contributed by atoms with van der Waals surface area (Å²) in [5, 5.41) is 0. The fourth-order valence-electron chi connectivity index (χ4n) is 1.41. The van der Waals surface area contributed by atoms with Crippen molar-refractivity contribution >= 4 is 11.6 Å². The van der Waals surface area contributed by atoms with Gasteiger partial charge in [0.05, 0.1) is 5.92 Å². The molecule has 0 heterocycles. The molecule has 0 aliphatic heterocycles. The van der Waals surface area contributed by atoms with Crippen LogP contribution >= 0.6 is 0 Å². The molecule has 0 aromatic rings. The van der Waals surface area contributed by atoms with Gasteiger partial charge in [0.25, 0.3) is 0 Å². The van der Waals surface area contributed by atoms with E-state index in [4.69, 9.17) is 0 Å². The summed E-state index contributed by atoms with van der Waals surface area (Å²) >= 11 is 0. The molecule has 0 saturated heterocycles. The molecular formula is C12H24O2. The molecule has 1 rings (SSSR count). The molecule has 1 atom stereocenters. The van der Waals surface area contributed by atoms with Crippen LogP contribution < -0.4 is 0 Å². The first kappa shape index (κ1) is 15.8. The standard InChI is InChI=1S/C8H12O2.2C2H6/c1-6(9)7-4-2-3-5-8(7)10;2*1-2/h7H,2-5H2,1H3;2*1-2H3. The van der Waals surface area contributed by atoms with Crippen LogP contribution in [0.5, 0.6) is 0 Å². The van der Waals surface area contributed by atoms with E-state index in [-0.39, 0.29) is 17.5 Å². The van der Waals surface area contributed by atoms with E-state index in [0.29, 0.717) is 6.42 Å². The first-order chi connectivity index (χ1) is 6.72. The van der Waals surface area contributed by atoms with E-state index >= 15 is 0 Å². The van der Waals surface area contributed by atoms with Crippen molar-refractivity contribution in [1.29, 1.82) is 0 Å². The van der Waals surface area contributed by atoms with Gasteiger partial charge in [-0.15, -0.1) is 0 Å². The van der Waals surface area contributed by atoms with E-state index in [9.17, 15) is 9.59 Å². The number of hydrogen-bond donors (Lipinski definition) is 0. The lowest BCUT2D eigenvalue weighted by atomic mass is 9.86. The second kappa shape index (κ2) is 10.4. The summed E-state index contributed by atoms with van der Waals surface area (Å²) in [6.07, 6.45) is 3.41. The maximum atomic E-state index is 11.0. The lowest BCUT2D eigenvalue weighted by molar-refractivity contribution is -0.133. The maximum absolute atomic E-state index is 11.0. The predicted octanol–water partition coefficient (Wildman–Crippen LogP) is 3.39. The van der Waals surface area contributed by atoms with E-state index in [1.54, 1.807) is 0 Å². The highest BCUT2D eigenvalue weighted by Crippen LogP contribution is 2.20. The minimum Gasteiger partial charge on any atom is -0.299 e. The van der Waals surface area contributed by atoms with Gasteiger partial charge in [0.1, 0.15) is 11.6 Å². The van der Waals surface area contributed by atoms with Gasteiger partial charge in [-0.3, -0.25) is 9.59 Å². The van der Waals surface area contributed by atoms with Crippen molar-refractivity contribution in [1.82, 2.24) is 0 Å². The molecule has 0 radical (unpaired) electrons. The van der Waals surface area contributed by atoms with Crippen LogP contribution in [0, 0.1) is 5.92 Å². The number of Topliss-reactive ketones (excluding diaryl/α,β-unsaturated/α-hetero) is 2. The third-order valence-electron chi connectivity index (χ3n) is 2.05. The average Bonchev–Trinajstić information content (AvgIpc) is 2.24. The van der Waals surface area contributed by atoms with Crippen LogP contribution in [0.4, 0.5) is 0 Å². The minimum atomic E-state index is -0.256. The molecular weight excluding hydrogens is 176 g/mol. The fraction of sp³-hybridized carbons (Fsp3) is 0.833. The molecule has 0 spiro atoms. The van der Waals surface area contributed by atoms with Gasteiger partial charge >= 0.3 is 0 Å². The second-order valence-electron chi connectivity index (χ2n) is 2.88. The number of hydrogen-bond acceptors (Lipinski definition) is 2. The number of ketones is 2. The van der Waals surface area contributed by atoms with Gasteiger partial charge < -0.3 is 0 Å². The van der Waals surface area contributed by atoms with Crippen LogP contribution in [0.3, 0.4) is 0 Å². The lowest BCUT2D eigenvalue weighted by Gasteiger charge is -2.16. The van der Waals surface area contributed by atoms with Gasteiger partial charge in [-0.1, -0.05) is 34.1 Å². The van der Waals surface area contributed by atoms with Crippen LogP contribution in [0.2, 0.25) is 0 Å².